The zero-order valence-corrected chi connectivity index (χ0v) is 18.3. The summed E-state index contributed by atoms with van der Waals surface area (Å²) >= 11 is 5.90. The smallest absolute Gasteiger partial charge is 0.214 e. The first kappa shape index (κ1) is 21.2. The molecule has 0 unspecified atom stereocenters. The van der Waals surface area contributed by atoms with Crippen LogP contribution in [0.1, 0.15) is 17.0 Å². The van der Waals surface area contributed by atoms with Crippen LogP contribution < -0.4 is 10.6 Å². The number of aryl methyl sites for hydroxylation is 1. The van der Waals surface area contributed by atoms with Crippen molar-refractivity contribution in [3.63, 3.8) is 0 Å². The number of hydrogen-bond donors (Lipinski definition) is 2. The normalized spacial score (nSPS) is 11.0. The zero-order chi connectivity index (χ0) is 18.4. The highest BCUT2D eigenvalue weighted by molar-refractivity contribution is 14.0. The SMILES string of the molecule is CN=C(NCc1ccc(Cl)cc1)NCc1ncc(-c2ccc(C)cc2)o1.I. The maximum absolute atomic E-state index is 5.90. The predicted molar refractivity (Wildman–Crippen MR) is 121 cm³/mol. The Morgan fingerprint density at radius 1 is 1.04 bits per heavy atom. The largest absolute Gasteiger partial charge is 0.439 e. The Morgan fingerprint density at radius 2 is 1.70 bits per heavy atom. The first-order valence-electron chi connectivity index (χ1n) is 8.35. The summed E-state index contributed by atoms with van der Waals surface area (Å²) in [6, 6.07) is 15.9. The molecule has 3 rings (SSSR count). The molecule has 7 heteroatoms. The molecule has 0 fully saturated rings. The number of nitrogens with zero attached hydrogens (tertiary/aromatic N) is 2. The van der Waals surface area contributed by atoms with Gasteiger partial charge in [-0.1, -0.05) is 53.6 Å². The van der Waals surface area contributed by atoms with E-state index in [2.05, 4.69) is 39.7 Å². The maximum atomic E-state index is 5.90. The van der Waals surface area contributed by atoms with E-state index < -0.39 is 0 Å². The van der Waals surface area contributed by atoms with Gasteiger partial charge in [-0.3, -0.25) is 4.99 Å². The van der Waals surface area contributed by atoms with E-state index in [1.807, 2.05) is 36.4 Å². The summed E-state index contributed by atoms with van der Waals surface area (Å²) in [5.74, 6) is 2.04. The van der Waals surface area contributed by atoms with Gasteiger partial charge < -0.3 is 15.1 Å². The molecule has 0 aliphatic carbocycles. The van der Waals surface area contributed by atoms with Gasteiger partial charge in [0.1, 0.15) is 0 Å². The van der Waals surface area contributed by atoms with Crippen LogP contribution in [0.15, 0.2) is 64.1 Å². The van der Waals surface area contributed by atoms with Gasteiger partial charge in [0.05, 0.1) is 12.7 Å². The Balaban J connectivity index is 0.00000261. The Hall–Kier alpha value is -2.06. The molecule has 2 N–H and O–H groups in total. The lowest BCUT2D eigenvalue weighted by Crippen LogP contribution is -2.36. The van der Waals surface area contributed by atoms with Gasteiger partial charge in [-0.25, -0.2) is 4.98 Å². The Kier molecular flexibility index (Phi) is 8.12. The Bertz CT molecular complexity index is 876. The minimum Gasteiger partial charge on any atom is -0.439 e. The van der Waals surface area contributed by atoms with Gasteiger partial charge in [0.25, 0.3) is 0 Å². The molecular formula is C20H22ClIN4O. The van der Waals surface area contributed by atoms with Crippen molar-refractivity contribution >= 4 is 41.5 Å². The third kappa shape index (κ3) is 6.25. The first-order chi connectivity index (χ1) is 12.6. The Labute approximate surface area is 181 Å². The van der Waals surface area contributed by atoms with E-state index in [0.717, 1.165) is 21.9 Å². The van der Waals surface area contributed by atoms with Crippen molar-refractivity contribution in [1.82, 2.24) is 15.6 Å². The molecule has 0 bridgehead atoms. The summed E-state index contributed by atoms with van der Waals surface area (Å²) in [5.41, 5.74) is 3.35. The van der Waals surface area contributed by atoms with Gasteiger partial charge in [0, 0.05) is 24.2 Å². The van der Waals surface area contributed by atoms with E-state index in [4.69, 9.17) is 16.0 Å². The quantitative estimate of drug-likeness (QED) is 0.303. The van der Waals surface area contributed by atoms with E-state index >= 15 is 0 Å². The van der Waals surface area contributed by atoms with Gasteiger partial charge in [-0.05, 0) is 24.6 Å². The van der Waals surface area contributed by atoms with E-state index in [-0.39, 0.29) is 24.0 Å². The summed E-state index contributed by atoms with van der Waals surface area (Å²) in [6.45, 7) is 3.16. The van der Waals surface area contributed by atoms with Gasteiger partial charge >= 0.3 is 0 Å². The lowest BCUT2D eigenvalue weighted by molar-refractivity contribution is 0.497. The molecule has 0 atom stereocenters. The molecule has 0 aliphatic heterocycles. The molecule has 0 spiro atoms. The number of hydrogen-bond acceptors (Lipinski definition) is 3. The van der Waals surface area contributed by atoms with Crippen LogP contribution >= 0.6 is 35.6 Å². The fraction of sp³-hybridized carbons (Fsp3) is 0.200. The number of aliphatic imine (C=N–C) groups is 1. The summed E-state index contributed by atoms with van der Waals surface area (Å²) in [6.07, 6.45) is 1.74. The van der Waals surface area contributed by atoms with Crippen molar-refractivity contribution < 1.29 is 4.42 Å². The van der Waals surface area contributed by atoms with Crippen LogP contribution in [0.3, 0.4) is 0 Å². The lowest BCUT2D eigenvalue weighted by atomic mass is 10.1. The number of nitrogens with one attached hydrogen (secondary N) is 2. The van der Waals surface area contributed by atoms with E-state index in [9.17, 15) is 0 Å². The summed E-state index contributed by atoms with van der Waals surface area (Å²) < 4.78 is 5.81. The van der Waals surface area contributed by atoms with Crippen molar-refractivity contribution in [2.75, 3.05) is 7.05 Å². The fourth-order valence-corrected chi connectivity index (χ4v) is 2.54. The van der Waals surface area contributed by atoms with Crippen molar-refractivity contribution in [1.29, 1.82) is 0 Å². The fourth-order valence-electron chi connectivity index (χ4n) is 2.41. The molecule has 0 radical (unpaired) electrons. The van der Waals surface area contributed by atoms with Crippen LogP contribution in [0, 0.1) is 6.92 Å². The maximum Gasteiger partial charge on any atom is 0.214 e. The highest BCUT2D eigenvalue weighted by Crippen LogP contribution is 2.20. The molecule has 5 nitrogen and oxygen atoms in total. The molecule has 0 aliphatic rings. The number of rotatable bonds is 5. The van der Waals surface area contributed by atoms with Gasteiger partial charge in [0.15, 0.2) is 11.7 Å². The van der Waals surface area contributed by atoms with Crippen LogP contribution in [0.4, 0.5) is 0 Å². The molecule has 1 aromatic heterocycles. The molecule has 27 heavy (non-hydrogen) atoms. The second kappa shape index (κ2) is 10.3. The molecule has 0 saturated carbocycles. The predicted octanol–water partition coefficient (Wildman–Crippen LogP) is 4.79. The Morgan fingerprint density at radius 3 is 2.37 bits per heavy atom. The van der Waals surface area contributed by atoms with Crippen LogP contribution in [0.5, 0.6) is 0 Å². The molecule has 142 valence electrons. The van der Waals surface area contributed by atoms with Crippen molar-refractivity contribution in [2.45, 2.75) is 20.0 Å². The highest BCUT2D eigenvalue weighted by Gasteiger charge is 2.07. The summed E-state index contributed by atoms with van der Waals surface area (Å²) in [5, 5.41) is 7.17. The average molecular weight is 497 g/mol. The van der Waals surface area contributed by atoms with Crippen molar-refractivity contribution in [2.24, 2.45) is 4.99 Å². The summed E-state index contributed by atoms with van der Waals surface area (Å²) in [7, 11) is 1.73. The molecule has 2 aromatic carbocycles. The lowest BCUT2D eigenvalue weighted by Gasteiger charge is -2.10. The average Bonchev–Trinajstić information content (AvgIpc) is 3.13. The molecular weight excluding hydrogens is 475 g/mol. The van der Waals surface area contributed by atoms with Crippen molar-refractivity contribution in [3.8, 4) is 11.3 Å². The second-order valence-corrected chi connectivity index (χ2v) is 6.33. The first-order valence-corrected chi connectivity index (χ1v) is 8.72. The van der Waals surface area contributed by atoms with E-state index in [1.54, 1.807) is 13.2 Å². The minimum atomic E-state index is 0. The number of aromatic nitrogens is 1. The molecule has 1 heterocycles. The van der Waals surface area contributed by atoms with Crippen LogP contribution in [0.2, 0.25) is 5.02 Å². The van der Waals surface area contributed by atoms with Gasteiger partial charge in [-0.2, -0.15) is 0 Å². The number of guanidine groups is 1. The third-order valence-electron chi connectivity index (χ3n) is 3.89. The van der Waals surface area contributed by atoms with Gasteiger partial charge in [-0.15, -0.1) is 24.0 Å². The molecule has 0 amide bonds. The number of halogens is 2. The number of benzene rings is 2. The van der Waals surface area contributed by atoms with Gasteiger partial charge in [0.2, 0.25) is 5.89 Å². The molecule has 0 saturated heterocycles. The zero-order valence-electron chi connectivity index (χ0n) is 15.2. The monoisotopic (exact) mass is 496 g/mol. The van der Waals surface area contributed by atoms with Crippen LogP contribution in [-0.4, -0.2) is 18.0 Å². The third-order valence-corrected chi connectivity index (χ3v) is 4.15. The minimum absolute atomic E-state index is 0. The van der Waals surface area contributed by atoms with E-state index in [1.165, 1.54) is 5.56 Å². The van der Waals surface area contributed by atoms with Crippen molar-refractivity contribution in [3.05, 3.63) is 76.8 Å². The second-order valence-electron chi connectivity index (χ2n) is 5.89. The van der Waals surface area contributed by atoms with Crippen LogP contribution in [-0.2, 0) is 13.1 Å². The van der Waals surface area contributed by atoms with Crippen LogP contribution in [0.25, 0.3) is 11.3 Å². The number of oxazole rings is 1. The topological polar surface area (TPSA) is 62.5 Å². The highest BCUT2D eigenvalue weighted by atomic mass is 127. The molecule has 3 aromatic rings. The summed E-state index contributed by atoms with van der Waals surface area (Å²) in [4.78, 5) is 8.53. The van der Waals surface area contributed by atoms with E-state index in [0.29, 0.717) is 24.9 Å². The standard InChI is InChI=1S/C20H21ClN4O.HI/c1-14-3-7-16(8-4-14)18-12-23-19(26-18)13-25-20(22-2)24-11-15-5-9-17(21)10-6-15;/h3-10,12H,11,13H2,1-2H3,(H2,22,24,25);1H.